The van der Waals surface area contributed by atoms with Crippen LogP contribution in [0.4, 0.5) is 0 Å². The Morgan fingerprint density at radius 3 is 2.84 bits per heavy atom. The van der Waals surface area contributed by atoms with E-state index in [0.29, 0.717) is 31.3 Å². The van der Waals surface area contributed by atoms with Gasteiger partial charge in [-0.1, -0.05) is 0 Å². The zero-order valence-corrected chi connectivity index (χ0v) is 11.4. The number of nitrogens with one attached hydrogen (secondary N) is 1. The monoisotopic (exact) mass is 264 g/mol. The van der Waals surface area contributed by atoms with Gasteiger partial charge in [0.25, 0.3) is 0 Å². The van der Waals surface area contributed by atoms with E-state index in [1.54, 1.807) is 11.5 Å². The number of ether oxygens (including phenoxy) is 1. The molecule has 0 aliphatic heterocycles. The first-order chi connectivity index (χ1) is 9.11. The van der Waals surface area contributed by atoms with E-state index in [1.807, 2.05) is 19.2 Å². The van der Waals surface area contributed by atoms with E-state index in [0.717, 1.165) is 18.4 Å². The molecule has 0 bridgehead atoms. The molecule has 5 nitrogen and oxygen atoms in total. The predicted molar refractivity (Wildman–Crippen MR) is 70.9 cm³/mol. The Kier molecular flexibility index (Phi) is 4.24. The van der Waals surface area contributed by atoms with Gasteiger partial charge in [0.05, 0.1) is 6.61 Å². The van der Waals surface area contributed by atoms with Crippen LogP contribution < -0.4 is 5.32 Å². The average molecular weight is 264 g/mol. The van der Waals surface area contributed by atoms with Crippen molar-refractivity contribution < 1.29 is 14.3 Å². The Labute approximate surface area is 112 Å². The summed E-state index contributed by atoms with van der Waals surface area (Å²) < 4.78 is 6.82. The van der Waals surface area contributed by atoms with Gasteiger partial charge in [-0.15, -0.1) is 0 Å². The Balaban J connectivity index is 1.95. The molecule has 5 heteroatoms. The highest BCUT2D eigenvalue weighted by atomic mass is 16.5. The Morgan fingerprint density at radius 2 is 2.21 bits per heavy atom. The van der Waals surface area contributed by atoms with Crippen molar-refractivity contribution in [3.8, 4) is 0 Å². The zero-order valence-electron chi connectivity index (χ0n) is 11.4. The first kappa shape index (κ1) is 13.6. The lowest BCUT2D eigenvalue weighted by molar-refractivity contribution is -0.121. The van der Waals surface area contributed by atoms with Crippen molar-refractivity contribution in [3.63, 3.8) is 0 Å². The van der Waals surface area contributed by atoms with Crippen LogP contribution in [0.15, 0.2) is 12.3 Å². The molecule has 0 saturated heterocycles. The van der Waals surface area contributed by atoms with Gasteiger partial charge in [-0.3, -0.25) is 4.79 Å². The van der Waals surface area contributed by atoms with E-state index >= 15 is 0 Å². The maximum atomic E-state index is 11.8. The number of esters is 1. The number of aromatic nitrogens is 1. The molecule has 1 saturated carbocycles. The molecular formula is C14H20N2O3. The molecule has 1 aliphatic carbocycles. The predicted octanol–water partition coefficient (Wildman–Crippen LogP) is 1.64. The maximum absolute atomic E-state index is 11.8. The molecule has 2 rings (SSSR count). The van der Waals surface area contributed by atoms with Gasteiger partial charge in [-0.05, 0) is 38.3 Å². The van der Waals surface area contributed by atoms with Crippen LogP contribution in [0, 0.1) is 6.92 Å². The fourth-order valence-corrected chi connectivity index (χ4v) is 2.00. The summed E-state index contributed by atoms with van der Waals surface area (Å²) in [5, 5.41) is 2.94. The van der Waals surface area contributed by atoms with Crippen molar-refractivity contribution in [1.82, 2.24) is 9.88 Å². The fraction of sp³-hybridized carbons (Fsp3) is 0.571. The van der Waals surface area contributed by atoms with Gasteiger partial charge in [-0.2, -0.15) is 0 Å². The van der Waals surface area contributed by atoms with Crippen LogP contribution in [-0.2, 0) is 16.1 Å². The highest BCUT2D eigenvalue weighted by Gasteiger charge is 2.23. The van der Waals surface area contributed by atoms with Crippen LogP contribution in [-0.4, -0.2) is 29.1 Å². The second-order valence-electron chi connectivity index (χ2n) is 4.85. The number of aryl methyl sites for hydroxylation is 2. The van der Waals surface area contributed by atoms with Gasteiger partial charge in [0.15, 0.2) is 0 Å². The molecule has 0 unspecified atom stereocenters. The molecule has 1 heterocycles. The van der Waals surface area contributed by atoms with Gasteiger partial charge in [0.1, 0.15) is 5.69 Å². The highest BCUT2D eigenvalue weighted by molar-refractivity contribution is 5.89. The molecule has 19 heavy (non-hydrogen) atoms. The van der Waals surface area contributed by atoms with Gasteiger partial charge < -0.3 is 14.6 Å². The molecule has 1 fully saturated rings. The highest BCUT2D eigenvalue weighted by Crippen LogP contribution is 2.19. The normalized spacial score (nSPS) is 14.2. The Bertz CT molecular complexity index is 475. The van der Waals surface area contributed by atoms with Gasteiger partial charge in [0, 0.05) is 25.2 Å². The fourth-order valence-electron chi connectivity index (χ4n) is 2.00. The summed E-state index contributed by atoms with van der Waals surface area (Å²) in [6.07, 6.45) is 4.38. The number of carbonyl (C=O) groups is 2. The third kappa shape index (κ3) is 3.59. The molecule has 1 aromatic heterocycles. The molecule has 1 N–H and O–H groups in total. The van der Waals surface area contributed by atoms with E-state index < -0.39 is 0 Å². The Morgan fingerprint density at radius 1 is 1.47 bits per heavy atom. The van der Waals surface area contributed by atoms with Crippen molar-refractivity contribution in [3.05, 3.63) is 23.5 Å². The summed E-state index contributed by atoms with van der Waals surface area (Å²) >= 11 is 0. The van der Waals surface area contributed by atoms with Crippen molar-refractivity contribution in [2.75, 3.05) is 6.61 Å². The van der Waals surface area contributed by atoms with Crippen molar-refractivity contribution in [2.24, 2.45) is 0 Å². The van der Waals surface area contributed by atoms with E-state index in [9.17, 15) is 9.59 Å². The van der Waals surface area contributed by atoms with Crippen molar-refractivity contribution >= 4 is 11.9 Å². The third-order valence-electron chi connectivity index (χ3n) is 3.16. The summed E-state index contributed by atoms with van der Waals surface area (Å²) in [5.74, 6) is -0.281. The topological polar surface area (TPSA) is 60.3 Å². The molecule has 1 aliphatic rings. The van der Waals surface area contributed by atoms with Crippen molar-refractivity contribution in [2.45, 2.75) is 45.7 Å². The van der Waals surface area contributed by atoms with Crippen LogP contribution >= 0.6 is 0 Å². The lowest BCUT2D eigenvalue weighted by Crippen LogP contribution is -2.26. The molecule has 0 aromatic carbocycles. The van der Waals surface area contributed by atoms with Crippen molar-refractivity contribution in [1.29, 1.82) is 0 Å². The largest absolute Gasteiger partial charge is 0.461 e. The second kappa shape index (κ2) is 5.91. The number of amides is 1. The third-order valence-corrected chi connectivity index (χ3v) is 3.16. The van der Waals surface area contributed by atoms with E-state index in [1.165, 1.54) is 0 Å². The molecule has 104 valence electrons. The van der Waals surface area contributed by atoms with Gasteiger partial charge >= 0.3 is 5.97 Å². The molecular weight excluding hydrogens is 244 g/mol. The average Bonchev–Trinajstić information content (AvgIpc) is 3.09. The van der Waals surface area contributed by atoms with Crippen LogP contribution in [0.5, 0.6) is 0 Å². The van der Waals surface area contributed by atoms with Crippen LogP contribution in [0.2, 0.25) is 0 Å². The standard InChI is InChI=1S/C14H20N2O3/c1-3-19-14(18)13-10(2)6-8-16(13)9-7-12(17)15-11-4-5-11/h6,8,11H,3-5,7,9H2,1-2H3,(H,15,17). The van der Waals surface area contributed by atoms with Crippen LogP contribution in [0.1, 0.15) is 42.2 Å². The molecule has 0 atom stereocenters. The summed E-state index contributed by atoms with van der Waals surface area (Å²) in [4.78, 5) is 23.5. The van der Waals surface area contributed by atoms with Gasteiger partial charge in [-0.25, -0.2) is 4.79 Å². The SMILES string of the molecule is CCOC(=O)c1c(C)ccn1CCC(=O)NC1CC1. The lowest BCUT2D eigenvalue weighted by atomic mass is 10.2. The smallest absolute Gasteiger partial charge is 0.355 e. The first-order valence-corrected chi connectivity index (χ1v) is 6.74. The minimum atomic E-state index is -0.326. The zero-order chi connectivity index (χ0) is 13.8. The first-order valence-electron chi connectivity index (χ1n) is 6.74. The van der Waals surface area contributed by atoms with E-state index in [2.05, 4.69) is 5.32 Å². The quantitative estimate of drug-likeness (QED) is 0.795. The van der Waals surface area contributed by atoms with Crippen LogP contribution in [0.25, 0.3) is 0 Å². The molecule has 1 aromatic rings. The summed E-state index contributed by atoms with van der Waals surface area (Å²) in [5.41, 5.74) is 1.42. The number of rotatable bonds is 6. The minimum Gasteiger partial charge on any atom is -0.461 e. The summed E-state index contributed by atoms with van der Waals surface area (Å²) in [6.45, 7) is 4.50. The number of carbonyl (C=O) groups excluding carboxylic acids is 2. The maximum Gasteiger partial charge on any atom is 0.355 e. The Hall–Kier alpha value is -1.78. The lowest BCUT2D eigenvalue weighted by Gasteiger charge is -2.09. The number of nitrogens with zero attached hydrogens (tertiary/aromatic N) is 1. The van der Waals surface area contributed by atoms with E-state index in [4.69, 9.17) is 4.74 Å². The van der Waals surface area contributed by atoms with Crippen LogP contribution in [0.3, 0.4) is 0 Å². The number of hydrogen-bond donors (Lipinski definition) is 1. The molecule has 0 spiro atoms. The minimum absolute atomic E-state index is 0.0451. The second-order valence-corrected chi connectivity index (χ2v) is 4.85. The number of hydrogen-bond acceptors (Lipinski definition) is 3. The molecule has 1 amide bonds. The van der Waals surface area contributed by atoms with Gasteiger partial charge in [0.2, 0.25) is 5.91 Å². The van der Waals surface area contributed by atoms with E-state index in [-0.39, 0.29) is 11.9 Å². The summed E-state index contributed by atoms with van der Waals surface area (Å²) in [7, 11) is 0. The summed E-state index contributed by atoms with van der Waals surface area (Å²) in [6, 6.07) is 2.24. The molecule has 0 radical (unpaired) electrons.